The molecule has 0 aliphatic rings. The van der Waals surface area contributed by atoms with Gasteiger partial charge in [-0.2, -0.15) is 0 Å². The summed E-state index contributed by atoms with van der Waals surface area (Å²) in [6.45, 7) is 0. The molecule has 0 atom stereocenters. The van der Waals surface area contributed by atoms with Gasteiger partial charge in [-0.15, -0.1) is 0 Å². The highest BCUT2D eigenvalue weighted by Crippen LogP contribution is 2.29. The zero-order chi connectivity index (χ0) is 14.0. The molecular formula is C13H10BrClN2O2. The number of nitrogens with two attached hydrogens (primary N) is 1. The Morgan fingerprint density at radius 2 is 2.05 bits per heavy atom. The summed E-state index contributed by atoms with van der Waals surface area (Å²) in [5, 5.41) is 12.6. The number of rotatable bonds is 2. The molecule has 6 heteroatoms. The van der Waals surface area contributed by atoms with E-state index in [1.54, 1.807) is 24.3 Å². The van der Waals surface area contributed by atoms with Crippen LogP contribution in [-0.2, 0) is 0 Å². The first-order valence-electron chi connectivity index (χ1n) is 5.33. The summed E-state index contributed by atoms with van der Waals surface area (Å²) in [4.78, 5) is 12.1. The van der Waals surface area contributed by atoms with Crippen LogP contribution in [0.25, 0.3) is 0 Å². The molecule has 2 aromatic carbocycles. The monoisotopic (exact) mass is 340 g/mol. The molecule has 4 nitrogen and oxygen atoms in total. The maximum absolute atomic E-state index is 12.1. The van der Waals surface area contributed by atoms with E-state index in [0.29, 0.717) is 20.9 Å². The van der Waals surface area contributed by atoms with Crippen LogP contribution in [0.15, 0.2) is 40.9 Å². The molecule has 0 saturated heterocycles. The first kappa shape index (κ1) is 13.7. The number of halogens is 2. The third kappa shape index (κ3) is 3.00. The molecule has 0 radical (unpaired) electrons. The fourth-order valence-corrected chi connectivity index (χ4v) is 2.13. The first-order chi connectivity index (χ1) is 8.99. The molecule has 0 aliphatic heterocycles. The molecule has 0 aromatic heterocycles. The standard InChI is InChI=1S/C13H10BrClN2O2/c14-7-4-5-11(18)8(6-7)13(19)17-12-9(15)2-1-3-10(12)16/h1-6,18H,16H2,(H,17,19). The Balaban J connectivity index is 2.34. The highest BCUT2D eigenvalue weighted by atomic mass is 79.9. The second kappa shape index (κ2) is 5.50. The zero-order valence-electron chi connectivity index (χ0n) is 9.65. The van der Waals surface area contributed by atoms with E-state index in [-0.39, 0.29) is 11.3 Å². The van der Waals surface area contributed by atoms with Gasteiger partial charge >= 0.3 is 0 Å². The summed E-state index contributed by atoms with van der Waals surface area (Å²) in [5.41, 5.74) is 6.56. The fourth-order valence-electron chi connectivity index (χ4n) is 1.54. The van der Waals surface area contributed by atoms with Crippen molar-refractivity contribution in [3.63, 3.8) is 0 Å². The van der Waals surface area contributed by atoms with Crippen molar-refractivity contribution in [3.8, 4) is 5.75 Å². The van der Waals surface area contributed by atoms with Gasteiger partial charge in [0.15, 0.2) is 0 Å². The first-order valence-corrected chi connectivity index (χ1v) is 6.50. The molecular weight excluding hydrogens is 332 g/mol. The molecule has 0 unspecified atom stereocenters. The Morgan fingerprint density at radius 1 is 1.32 bits per heavy atom. The number of phenols is 1. The lowest BCUT2D eigenvalue weighted by molar-refractivity contribution is 0.102. The van der Waals surface area contributed by atoms with E-state index in [4.69, 9.17) is 17.3 Å². The van der Waals surface area contributed by atoms with E-state index in [1.165, 1.54) is 12.1 Å². The number of carbonyl (C=O) groups is 1. The number of anilines is 2. The van der Waals surface area contributed by atoms with Crippen LogP contribution < -0.4 is 11.1 Å². The minimum Gasteiger partial charge on any atom is -0.507 e. The van der Waals surface area contributed by atoms with Crippen molar-refractivity contribution < 1.29 is 9.90 Å². The maximum Gasteiger partial charge on any atom is 0.259 e. The summed E-state index contributed by atoms with van der Waals surface area (Å²) in [5.74, 6) is -0.607. The number of phenolic OH excluding ortho intramolecular Hbond substituents is 1. The average molecular weight is 342 g/mol. The van der Waals surface area contributed by atoms with Crippen molar-refractivity contribution in [1.29, 1.82) is 0 Å². The van der Waals surface area contributed by atoms with Crippen LogP contribution in [0.3, 0.4) is 0 Å². The molecule has 2 aromatic rings. The number of nitrogen functional groups attached to an aromatic ring is 1. The number of carbonyl (C=O) groups excluding carboxylic acids is 1. The van der Waals surface area contributed by atoms with E-state index in [0.717, 1.165) is 0 Å². The number of benzene rings is 2. The quantitative estimate of drug-likeness (QED) is 0.730. The van der Waals surface area contributed by atoms with Gasteiger partial charge in [-0.3, -0.25) is 4.79 Å². The summed E-state index contributed by atoms with van der Waals surface area (Å²) < 4.78 is 0.683. The van der Waals surface area contributed by atoms with Crippen LogP contribution in [0.2, 0.25) is 5.02 Å². The van der Waals surface area contributed by atoms with Crippen LogP contribution in [0.4, 0.5) is 11.4 Å². The van der Waals surface area contributed by atoms with E-state index in [9.17, 15) is 9.90 Å². The highest BCUT2D eigenvalue weighted by Gasteiger charge is 2.14. The number of hydrogen-bond donors (Lipinski definition) is 3. The molecule has 0 fully saturated rings. The van der Waals surface area contributed by atoms with Crippen molar-refractivity contribution in [3.05, 3.63) is 51.5 Å². The third-order valence-corrected chi connectivity index (χ3v) is 3.30. The molecule has 19 heavy (non-hydrogen) atoms. The van der Waals surface area contributed by atoms with Gasteiger partial charge in [-0.25, -0.2) is 0 Å². The Kier molecular flexibility index (Phi) is 3.97. The topological polar surface area (TPSA) is 75.3 Å². The van der Waals surface area contributed by atoms with Crippen molar-refractivity contribution in [1.82, 2.24) is 0 Å². The van der Waals surface area contributed by atoms with Crippen LogP contribution >= 0.6 is 27.5 Å². The van der Waals surface area contributed by atoms with Crippen LogP contribution in [0.5, 0.6) is 5.75 Å². The fraction of sp³-hybridized carbons (Fsp3) is 0. The molecule has 0 aliphatic carbocycles. The van der Waals surface area contributed by atoms with Crippen LogP contribution in [-0.4, -0.2) is 11.0 Å². The summed E-state index contributed by atoms with van der Waals surface area (Å²) >= 11 is 9.20. The van der Waals surface area contributed by atoms with E-state index >= 15 is 0 Å². The smallest absolute Gasteiger partial charge is 0.259 e. The van der Waals surface area contributed by atoms with Gasteiger partial charge in [0.1, 0.15) is 5.75 Å². The Hall–Kier alpha value is -1.72. The van der Waals surface area contributed by atoms with Crippen LogP contribution in [0.1, 0.15) is 10.4 Å². The Labute approximate surface area is 123 Å². The SMILES string of the molecule is Nc1cccc(Cl)c1NC(=O)c1cc(Br)ccc1O. The van der Waals surface area contributed by atoms with Gasteiger partial charge in [0.2, 0.25) is 0 Å². The number of hydrogen-bond acceptors (Lipinski definition) is 3. The van der Waals surface area contributed by atoms with Crippen molar-refractivity contribution in [2.75, 3.05) is 11.1 Å². The zero-order valence-corrected chi connectivity index (χ0v) is 12.0. The van der Waals surface area contributed by atoms with Gasteiger partial charge in [0.25, 0.3) is 5.91 Å². The summed E-state index contributed by atoms with van der Waals surface area (Å²) in [6.07, 6.45) is 0. The molecule has 1 amide bonds. The lowest BCUT2D eigenvalue weighted by atomic mass is 10.2. The van der Waals surface area contributed by atoms with Gasteiger partial charge in [-0.05, 0) is 30.3 Å². The number of aromatic hydroxyl groups is 1. The lowest BCUT2D eigenvalue weighted by Crippen LogP contribution is -2.13. The minimum atomic E-state index is -0.487. The van der Waals surface area contributed by atoms with Crippen molar-refractivity contribution in [2.45, 2.75) is 0 Å². The molecule has 0 heterocycles. The van der Waals surface area contributed by atoms with Gasteiger partial charge in [0.05, 0.1) is 22.0 Å². The largest absolute Gasteiger partial charge is 0.507 e. The van der Waals surface area contributed by atoms with Crippen molar-refractivity contribution >= 4 is 44.8 Å². The van der Waals surface area contributed by atoms with E-state index in [2.05, 4.69) is 21.2 Å². The number of nitrogens with one attached hydrogen (secondary N) is 1. The van der Waals surface area contributed by atoms with E-state index < -0.39 is 5.91 Å². The van der Waals surface area contributed by atoms with Gasteiger partial charge < -0.3 is 16.2 Å². The molecule has 4 N–H and O–H groups in total. The Morgan fingerprint density at radius 3 is 2.74 bits per heavy atom. The van der Waals surface area contributed by atoms with Crippen LogP contribution in [0, 0.1) is 0 Å². The summed E-state index contributed by atoms with van der Waals surface area (Å²) in [6, 6.07) is 9.50. The molecule has 2 rings (SSSR count). The lowest BCUT2D eigenvalue weighted by Gasteiger charge is -2.11. The highest BCUT2D eigenvalue weighted by molar-refractivity contribution is 9.10. The maximum atomic E-state index is 12.1. The minimum absolute atomic E-state index is 0.119. The van der Waals surface area contributed by atoms with E-state index in [1.807, 2.05) is 0 Å². The second-order valence-electron chi connectivity index (χ2n) is 3.82. The average Bonchev–Trinajstić information content (AvgIpc) is 2.37. The molecule has 98 valence electrons. The summed E-state index contributed by atoms with van der Waals surface area (Å²) in [7, 11) is 0. The molecule has 0 spiro atoms. The predicted octanol–water partition coefficient (Wildman–Crippen LogP) is 3.64. The van der Waals surface area contributed by atoms with Gasteiger partial charge in [0, 0.05) is 4.47 Å². The predicted molar refractivity (Wildman–Crippen MR) is 79.6 cm³/mol. The third-order valence-electron chi connectivity index (χ3n) is 2.49. The second-order valence-corrected chi connectivity index (χ2v) is 5.14. The number of amides is 1. The Bertz CT molecular complexity index is 626. The van der Waals surface area contributed by atoms with Gasteiger partial charge in [-0.1, -0.05) is 33.6 Å². The molecule has 0 bridgehead atoms. The normalized spacial score (nSPS) is 10.2. The number of para-hydroxylation sites is 1. The van der Waals surface area contributed by atoms with Crippen molar-refractivity contribution in [2.24, 2.45) is 0 Å². The molecule has 0 saturated carbocycles.